The third-order valence-corrected chi connectivity index (χ3v) is 4.29. The van der Waals surface area contributed by atoms with Gasteiger partial charge >= 0.3 is 0 Å². The summed E-state index contributed by atoms with van der Waals surface area (Å²) < 4.78 is 0. The zero-order chi connectivity index (χ0) is 16.5. The first-order valence-electron chi connectivity index (χ1n) is 8.18. The van der Waals surface area contributed by atoms with E-state index < -0.39 is 0 Å². The van der Waals surface area contributed by atoms with Gasteiger partial charge < -0.3 is 14.8 Å². The van der Waals surface area contributed by atoms with Crippen LogP contribution in [0.25, 0.3) is 11.0 Å². The molecule has 0 unspecified atom stereocenters. The van der Waals surface area contributed by atoms with E-state index in [9.17, 15) is 0 Å². The number of hydrogen-bond donors (Lipinski definition) is 2. The monoisotopic (exact) mass is 323 g/mol. The maximum Gasteiger partial charge on any atom is 0.231 e. The Kier molecular flexibility index (Phi) is 3.78. The lowest BCUT2D eigenvalue weighted by Gasteiger charge is -2.33. The first-order chi connectivity index (χ1) is 11.7. The number of para-hydroxylation sites is 2. The van der Waals surface area contributed by atoms with Crippen molar-refractivity contribution in [3.63, 3.8) is 0 Å². The van der Waals surface area contributed by atoms with Gasteiger partial charge in [-0.1, -0.05) is 12.1 Å². The molecule has 3 aromatic rings. The number of aromatic amines is 1. The van der Waals surface area contributed by atoms with Crippen molar-refractivity contribution in [3.8, 4) is 0 Å². The number of nitrogens with zero attached hydrogens (tertiary/aromatic N) is 5. The number of imidazole rings is 1. The molecule has 2 aromatic heterocycles. The second-order valence-electron chi connectivity index (χ2n) is 6.21. The summed E-state index contributed by atoms with van der Waals surface area (Å²) in [6.45, 7) is 6.06. The van der Waals surface area contributed by atoms with E-state index in [4.69, 9.17) is 0 Å². The number of anilines is 3. The molecule has 124 valence electrons. The average molecular weight is 323 g/mol. The lowest BCUT2D eigenvalue weighted by atomic mass is 10.3. The van der Waals surface area contributed by atoms with E-state index in [1.54, 1.807) is 0 Å². The first-order valence-corrected chi connectivity index (χ1v) is 8.18. The largest absolute Gasteiger partial charge is 0.354 e. The first kappa shape index (κ1) is 14.9. The molecule has 24 heavy (non-hydrogen) atoms. The number of aromatic nitrogens is 4. The van der Waals surface area contributed by atoms with Crippen LogP contribution < -0.4 is 10.2 Å². The zero-order valence-corrected chi connectivity index (χ0v) is 14.0. The van der Waals surface area contributed by atoms with E-state index in [1.165, 1.54) is 0 Å². The average Bonchev–Trinajstić information content (AvgIpc) is 2.97. The van der Waals surface area contributed by atoms with E-state index in [1.807, 2.05) is 37.3 Å². The van der Waals surface area contributed by atoms with Gasteiger partial charge in [-0.25, -0.2) is 9.97 Å². The summed E-state index contributed by atoms with van der Waals surface area (Å²) in [6, 6.07) is 9.97. The number of nitrogens with one attached hydrogen (secondary N) is 2. The molecule has 1 saturated heterocycles. The van der Waals surface area contributed by atoms with Crippen molar-refractivity contribution in [1.29, 1.82) is 0 Å². The Bertz CT molecular complexity index is 816. The molecule has 7 heteroatoms. The quantitative estimate of drug-likeness (QED) is 0.769. The van der Waals surface area contributed by atoms with Crippen LogP contribution in [0.2, 0.25) is 0 Å². The van der Waals surface area contributed by atoms with Crippen molar-refractivity contribution in [2.45, 2.75) is 6.92 Å². The number of benzene rings is 1. The predicted octanol–water partition coefficient (Wildman–Crippen LogP) is 2.16. The fourth-order valence-electron chi connectivity index (χ4n) is 2.92. The molecule has 1 aliphatic rings. The second kappa shape index (κ2) is 6.09. The maximum absolute atomic E-state index is 4.67. The Morgan fingerprint density at radius 2 is 1.83 bits per heavy atom. The third-order valence-electron chi connectivity index (χ3n) is 4.29. The minimum absolute atomic E-state index is 0.572. The minimum atomic E-state index is 0.572. The molecule has 1 aliphatic heterocycles. The SMILES string of the molecule is Cc1cc(N2CCN(C)CC2)nc(Nc2nc3ccccc3[nH]2)n1. The van der Waals surface area contributed by atoms with E-state index in [0.29, 0.717) is 11.9 Å². The van der Waals surface area contributed by atoms with Crippen LogP contribution in [-0.4, -0.2) is 58.1 Å². The van der Waals surface area contributed by atoms with Crippen LogP contribution in [0, 0.1) is 6.92 Å². The smallest absolute Gasteiger partial charge is 0.231 e. The van der Waals surface area contributed by atoms with Crippen LogP contribution in [0.5, 0.6) is 0 Å². The van der Waals surface area contributed by atoms with Crippen LogP contribution in [0.4, 0.5) is 17.7 Å². The fraction of sp³-hybridized carbons (Fsp3) is 0.353. The van der Waals surface area contributed by atoms with Gasteiger partial charge in [0.25, 0.3) is 0 Å². The third kappa shape index (κ3) is 3.03. The summed E-state index contributed by atoms with van der Waals surface area (Å²) in [6.07, 6.45) is 0. The number of hydrogen-bond acceptors (Lipinski definition) is 6. The molecule has 1 aromatic carbocycles. The van der Waals surface area contributed by atoms with Gasteiger partial charge in [0.15, 0.2) is 0 Å². The van der Waals surface area contributed by atoms with Gasteiger partial charge in [0.2, 0.25) is 11.9 Å². The molecule has 0 aliphatic carbocycles. The van der Waals surface area contributed by atoms with E-state index in [-0.39, 0.29) is 0 Å². The summed E-state index contributed by atoms with van der Waals surface area (Å²) >= 11 is 0. The number of piperazine rings is 1. The van der Waals surface area contributed by atoms with Gasteiger partial charge in [0.1, 0.15) is 5.82 Å². The van der Waals surface area contributed by atoms with Crippen molar-refractivity contribution in [2.75, 3.05) is 43.4 Å². The number of aryl methyl sites for hydroxylation is 1. The fourth-order valence-corrected chi connectivity index (χ4v) is 2.92. The summed E-state index contributed by atoms with van der Waals surface area (Å²) in [7, 11) is 2.15. The highest BCUT2D eigenvalue weighted by Gasteiger charge is 2.17. The van der Waals surface area contributed by atoms with Gasteiger partial charge in [-0.2, -0.15) is 4.98 Å². The van der Waals surface area contributed by atoms with Crippen molar-refractivity contribution in [1.82, 2.24) is 24.8 Å². The molecule has 0 spiro atoms. The van der Waals surface area contributed by atoms with Crippen molar-refractivity contribution in [2.24, 2.45) is 0 Å². The molecule has 0 amide bonds. The number of likely N-dealkylation sites (N-methyl/N-ethyl adjacent to an activating group) is 1. The molecular formula is C17H21N7. The van der Waals surface area contributed by atoms with Gasteiger partial charge in [0, 0.05) is 37.9 Å². The molecule has 3 heterocycles. The Morgan fingerprint density at radius 1 is 1.04 bits per heavy atom. The summed E-state index contributed by atoms with van der Waals surface area (Å²) in [5.74, 6) is 2.20. The van der Waals surface area contributed by atoms with Crippen LogP contribution in [0.1, 0.15) is 5.69 Å². The van der Waals surface area contributed by atoms with E-state index in [2.05, 4.69) is 42.1 Å². The minimum Gasteiger partial charge on any atom is -0.354 e. The number of rotatable bonds is 3. The normalized spacial score (nSPS) is 15.8. The molecular weight excluding hydrogens is 302 g/mol. The van der Waals surface area contributed by atoms with Crippen LogP contribution >= 0.6 is 0 Å². The van der Waals surface area contributed by atoms with E-state index in [0.717, 1.165) is 48.7 Å². The molecule has 0 radical (unpaired) electrons. The Labute approximate surface area is 140 Å². The molecule has 0 saturated carbocycles. The standard InChI is InChI=1S/C17H21N7/c1-12-11-15(24-9-7-23(2)8-10-24)21-16(18-12)22-17-19-13-5-3-4-6-14(13)20-17/h3-6,11H,7-10H2,1-2H3,(H2,18,19,20,21,22). The molecule has 1 fully saturated rings. The number of H-pyrrole nitrogens is 1. The summed E-state index contributed by atoms with van der Waals surface area (Å²) in [5.41, 5.74) is 2.86. The van der Waals surface area contributed by atoms with Crippen molar-refractivity contribution < 1.29 is 0 Å². The van der Waals surface area contributed by atoms with Gasteiger partial charge in [-0.05, 0) is 26.1 Å². The van der Waals surface area contributed by atoms with Crippen molar-refractivity contribution >= 4 is 28.7 Å². The Balaban J connectivity index is 1.58. The Hall–Kier alpha value is -2.67. The topological polar surface area (TPSA) is 73.0 Å². The maximum atomic E-state index is 4.67. The van der Waals surface area contributed by atoms with Gasteiger partial charge in [-0.3, -0.25) is 5.32 Å². The van der Waals surface area contributed by atoms with Gasteiger partial charge in [-0.15, -0.1) is 0 Å². The molecule has 0 bridgehead atoms. The number of fused-ring (bicyclic) bond motifs is 1. The lowest BCUT2D eigenvalue weighted by Crippen LogP contribution is -2.44. The molecule has 2 N–H and O–H groups in total. The highest BCUT2D eigenvalue weighted by molar-refractivity contribution is 5.77. The second-order valence-corrected chi connectivity index (χ2v) is 6.21. The van der Waals surface area contributed by atoms with Crippen LogP contribution in [0.3, 0.4) is 0 Å². The molecule has 7 nitrogen and oxygen atoms in total. The molecule has 0 atom stereocenters. The summed E-state index contributed by atoms with van der Waals surface area (Å²) in [4.78, 5) is 21.6. The van der Waals surface area contributed by atoms with E-state index >= 15 is 0 Å². The van der Waals surface area contributed by atoms with Gasteiger partial charge in [0.05, 0.1) is 11.0 Å². The highest BCUT2D eigenvalue weighted by atomic mass is 15.3. The highest BCUT2D eigenvalue weighted by Crippen LogP contribution is 2.20. The van der Waals surface area contributed by atoms with Crippen molar-refractivity contribution in [3.05, 3.63) is 36.0 Å². The van der Waals surface area contributed by atoms with Crippen LogP contribution in [-0.2, 0) is 0 Å². The predicted molar refractivity (Wildman–Crippen MR) is 95.9 cm³/mol. The zero-order valence-electron chi connectivity index (χ0n) is 14.0. The Morgan fingerprint density at radius 3 is 2.62 bits per heavy atom. The molecule has 4 rings (SSSR count). The summed E-state index contributed by atoms with van der Waals surface area (Å²) in [5, 5.41) is 3.20. The lowest BCUT2D eigenvalue weighted by molar-refractivity contribution is 0.312. The van der Waals surface area contributed by atoms with Crippen LogP contribution in [0.15, 0.2) is 30.3 Å².